The highest BCUT2D eigenvalue weighted by atomic mass is 16.5. The Morgan fingerprint density at radius 3 is 1.62 bits per heavy atom. The molecule has 1 aliphatic rings. The highest BCUT2D eigenvalue weighted by Gasteiger charge is 2.39. The Morgan fingerprint density at radius 1 is 0.644 bits per heavy atom. The van der Waals surface area contributed by atoms with E-state index in [1.54, 1.807) is 0 Å². The molecule has 1 saturated carbocycles. The molecule has 0 aliphatic heterocycles. The van der Waals surface area contributed by atoms with Gasteiger partial charge < -0.3 is 20.9 Å². The van der Waals surface area contributed by atoms with E-state index >= 15 is 0 Å². The third-order valence-corrected chi connectivity index (χ3v) is 9.47. The van der Waals surface area contributed by atoms with Crippen LogP contribution in [0.5, 0.6) is 23.0 Å². The van der Waals surface area contributed by atoms with Crippen LogP contribution in [0.3, 0.4) is 0 Å². The molecule has 4 nitrogen and oxygen atoms in total. The molecule has 6 rings (SSSR count). The van der Waals surface area contributed by atoms with Crippen molar-refractivity contribution >= 4 is 11.4 Å². The third-order valence-electron chi connectivity index (χ3n) is 9.47. The molecule has 4 N–H and O–H groups in total. The van der Waals surface area contributed by atoms with Gasteiger partial charge in [-0.2, -0.15) is 0 Å². The quantitative estimate of drug-likeness (QED) is 0.166. The van der Waals surface area contributed by atoms with Crippen LogP contribution in [0, 0.1) is 13.8 Å². The van der Waals surface area contributed by atoms with Gasteiger partial charge in [-0.05, 0) is 146 Å². The first-order valence-corrected chi connectivity index (χ1v) is 16.2. The average molecular weight is 597 g/mol. The minimum atomic E-state index is -0.0944. The third kappa shape index (κ3) is 6.71. The molecule has 5 aromatic rings. The van der Waals surface area contributed by atoms with Gasteiger partial charge in [-0.3, -0.25) is 0 Å². The van der Waals surface area contributed by atoms with Gasteiger partial charge in [-0.1, -0.05) is 61.9 Å². The molecule has 0 atom stereocenters. The Kier molecular flexibility index (Phi) is 8.84. The highest BCUT2D eigenvalue weighted by molar-refractivity contribution is 5.51. The Bertz CT molecular complexity index is 1650. The Labute approximate surface area is 268 Å². The van der Waals surface area contributed by atoms with E-state index in [4.69, 9.17) is 20.9 Å². The molecule has 1 fully saturated rings. The van der Waals surface area contributed by atoms with Gasteiger partial charge in [0.05, 0.1) is 0 Å². The first kappa shape index (κ1) is 30.3. The van der Waals surface area contributed by atoms with Gasteiger partial charge >= 0.3 is 0 Å². The zero-order valence-electron chi connectivity index (χ0n) is 26.7. The maximum atomic E-state index is 6.26. The molecule has 0 unspecified atom stereocenters. The maximum absolute atomic E-state index is 6.26. The van der Waals surface area contributed by atoms with E-state index < -0.39 is 0 Å². The Balaban J connectivity index is 1.28. The second-order valence-corrected chi connectivity index (χ2v) is 12.7. The van der Waals surface area contributed by atoms with Crippen molar-refractivity contribution in [1.29, 1.82) is 0 Å². The maximum Gasteiger partial charge on any atom is 0.130 e. The van der Waals surface area contributed by atoms with Crippen LogP contribution in [-0.2, 0) is 11.8 Å². The molecular weight excluding hydrogens is 552 g/mol. The monoisotopic (exact) mass is 596 g/mol. The number of rotatable bonds is 9. The van der Waals surface area contributed by atoms with E-state index in [1.165, 1.54) is 28.7 Å². The predicted molar refractivity (Wildman–Crippen MR) is 187 cm³/mol. The summed E-state index contributed by atoms with van der Waals surface area (Å²) < 4.78 is 12.5. The summed E-state index contributed by atoms with van der Waals surface area (Å²) in [4.78, 5) is 0. The van der Waals surface area contributed by atoms with Gasteiger partial charge in [0.1, 0.15) is 23.0 Å². The summed E-state index contributed by atoms with van der Waals surface area (Å²) in [5.74, 6) is 3.87. The largest absolute Gasteiger partial charge is 0.457 e. The number of hydrogen-bond donors (Lipinski definition) is 2. The molecule has 0 heterocycles. The van der Waals surface area contributed by atoms with E-state index in [0.717, 1.165) is 77.6 Å². The second-order valence-electron chi connectivity index (χ2n) is 12.7. The lowest BCUT2D eigenvalue weighted by atomic mass is 9.62. The lowest BCUT2D eigenvalue weighted by molar-refractivity contribution is 0.314. The molecule has 45 heavy (non-hydrogen) atoms. The zero-order valence-corrected chi connectivity index (χ0v) is 26.7. The van der Waals surface area contributed by atoms with Crippen LogP contribution >= 0.6 is 0 Å². The number of anilines is 2. The lowest BCUT2D eigenvalue weighted by Gasteiger charge is -2.42. The van der Waals surface area contributed by atoms with Crippen molar-refractivity contribution in [1.82, 2.24) is 0 Å². The first-order chi connectivity index (χ1) is 21.8. The molecule has 0 spiro atoms. The van der Waals surface area contributed by atoms with Crippen LogP contribution in [0.1, 0.15) is 78.3 Å². The molecule has 1 aliphatic carbocycles. The minimum absolute atomic E-state index is 0.0944. The van der Waals surface area contributed by atoms with E-state index in [9.17, 15) is 0 Å². The van der Waals surface area contributed by atoms with Gasteiger partial charge in [0, 0.05) is 16.8 Å². The van der Waals surface area contributed by atoms with Crippen LogP contribution in [0.25, 0.3) is 0 Å². The Hall–Kier alpha value is -4.70. The minimum Gasteiger partial charge on any atom is -0.457 e. The van der Waals surface area contributed by atoms with Crippen molar-refractivity contribution in [3.63, 3.8) is 0 Å². The number of hydrogen-bond acceptors (Lipinski definition) is 4. The zero-order chi connectivity index (χ0) is 31.4. The number of ether oxygens (including phenoxy) is 2. The van der Waals surface area contributed by atoms with Gasteiger partial charge in [-0.15, -0.1) is 0 Å². The van der Waals surface area contributed by atoms with Gasteiger partial charge in [0.25, 0.3) is 0 Å². The van der Waals surface area contributed by atoms with Crippen LogP contribution in [0.2, 0.25) is 0 Å². The molecular formula is C41H44N2O2. The van der Waals surface area contributed by atoms with Crippen LogP contribution < -0.4 is 20.9 Å². The predicted octanol–water partition coefficient (Wildman–Crippen LogP) is 10.6. The molecule has 0 saturated heterocycles. The molecule has 4 heteroatoms. The second kappa shape index (κ2) is 13.1. The van der Waals surface area contributed by atoms with E-state index in [-0.39, 0.29) is 5.41 Å². The fourth-order valence-electron chi connectivity index (χ4n) is 6.99. The number of benzene rings is 5. The van der Waals surface area contributed by atoms with E-state index in [0.29, 0.717) is 5.92 Å². The van der Waals surface area contributed by atoms with Crippen LogP contribution in [0.15, 0.2) is 109 Å². The van der Waals surface area contributed by atoms with Crippen LogP contribution in [0.4, 0.5) is 11.4 Å². The van der Waals surface area contributed by atoms with E-state index in [1.807, 2.05) is 50.2 Å². The first-order valence-electron chi connectivity index (χ1n) is 16.2. The average Bonchev–Trinajstić information content (AvgIpc) is 3.05. The number of nitrogen functional groups attached to an aromatic ring is 2. The van der Waals surface area contributed by atoms with Gasteiger partial charge in [-0.25, -0.2) is 0 Å². The fourth-order valence-corrected chi connectivity index (χ4v) is 6.99. The van der Waals surface area contributed by atoms with Crippen molar-refractivity contribution in [3.8, 4) is 23.0 Å². The molecule has 230 valence electrons. The summed E-state index contributed by atoms with van der Waals surface area (Å²) in [6, 6.07) is 38.2. The normalized spacial score (nSPS) is 14.6. The molecule has 5 aromatic carbocycles. The standard InChI is InChI=1S/C41H44N2O2/c1-4-6-30-7-5-8-32(27-30)31-21-23-41(24-22-31,33-9-15-37(16-10-33)44-39-19-13-35(42)25-28(39)2)34-11-17-38(18-12-34)45-40-20-14-36(43)26-29(40)3/h5,7-20,25-27,31H,4,6,21-24,42-43H2,1-3H3. The summed E-state index contributed by atoms with van der Waals surface area (Å²) in [7, 11) is 0. The SMILES string of the molecule is CCCc1cccc(C2CCC(c3ccc(Oc4ccc(N)cc4C)cc3)(c3ccc(Oc4ccc(N)cc4C)cc3)CC2)c1. The van der Waals surface area contributed by atoms with E-state index in [2.05, 4.69) is 79.7 Å². The van der Waals surface area contributed by atoms with Crippen molar-refractivity contribution in [2.75, 3.05) is 11.5 Å². The number of nitrogens with two attached hydrogens (primary N) is 2. The van der Waals surface area contributed by atoms with Crippen molar-refractivity contribution in [2.24, 2.45) is 0 Å². The number of aryl methyl sites for hydroxylation is 3. The molecule has 0 radical (unpaired) electrons. The smallest absolute Gasteiger partial charge is 0.130 e. The molecule has 0 amide bonds. The Morgan fingerprint density at radius 2 is 1.16 bits per heavy atom. The van der Waals surface area contributed by atoms with Crippen molar-refractivity contribution < 1.29 is 9.47 Å². The van der Waals surface area contributed by atoms with Crippen molar-refractivity contribution in [3.05, 3.63) is 143 Å². The summed E-state index contributed by atoms with van der Waals surface area (Å²) in [5.41, 5.74) is 20.9. The topological polar surface area (TPSA) is 70.5 Å². The lowest BCUT2D eigenvalue weighted by Crippen LogP contribution is -2.32. The summed E-state index contributed by atoms with van der Waals surface area (Å²) in [6.45, 7) is 6.29. The highest BCUT2D eigenvalue weighted by Crippen LogP contribution is 2.50. The molecule has 0 aromatic heterocycles. The van der Waals surface area contributed by atoms with Gasteiger partial charge in [0.15, 0.2) is 0 Å². The van der Waals surface area contributed by atoms with Crippen LogP contribution in [-0.4, -0.2) is 0 Å². The summed E-state index contributed by atoms with van der Waals surface area (Å²) >= 11 is 0. The summed E-state index contributed by atoms with van der Waals surface area (Å²) in [5, 5.41) is 0. The summed E-state index contributed by atoms with van der Waals surface area (Å²) in [6.07, 6.45) is 6.74. The van der Waals surface area contributed by atoms with Crippen molar-refractivity contribution in [2.45, 2.75) is 70.6 Å². The fraction of sp³-hybridized carbons (Fsp3) is 0.268. The van der Waals surface area contributed by atoms with Gasteiger partial charge in [0.2, 0.25) is 0 Å². The molecule has 0 bridgehead atoms.